The number of aromatic nitrogens is 1. The van der Waals surface area contributed by atoms with Crippen LogP contribution in [-0.4, -0.2) is 24.7 Å². The lowest BCUT2D eigenvalue weighted by molar-refractivity contribution is 0.0792. The van der Waals surface area contributed by atoms with E-state index in [2.05, 4.69) is 10.3 Å². The van der Waals surface area contributed by atoms with Gasteiger partial charge in [0.1, 0.15) is 6.26 Å². The lowest BCUT2D eigenvalue weighted by Crippen LogP contribution is -2.27. The molecule has 0 amide bonds. The Balaban J connectivity index is 1.68. The molecule has 0 aromatic carbocycles. The molecule has 2 atom stereocenters. The number of ether oxygens (including phenoxy) is 1. The molecule has 3 rings (SSSR count). The predicted molar refractivity (Wildman–Crippen MR) is 63.9 cm³/mol. The number of nitrogens with zero attached hydrogens (tertiary/aromatic N) is 1. The minimum atomic E-state index is 0.321. The minimum absolute atomic E-state index is 0.321. The van der Waals surface area contributed by atoms with E-state index in [1.807, 2.05) is 6.26 Å². The fourth-order valence-electron chi connectivity index (χ4n) is 2.68. The van der Waals surface area contributed by atoms with E-state index in [-0.39, 0.29) is 0 Å². The molecule has 2 fully saturated rings. The maximum Gasteiger partial charge on any atom is 0.211 e. The molecule has 3 heterocycles. The molecule has 17 heavy (non-hydrogen) atoms. The molecule has 4 heteroatoms. The van der Waals surface area contributed by atoms with Crippen LogP contribution < -0.4 is 5.32 Å². The van der Waals surface area contributed by atoms with Crippen LogP contribution in [0.3, 0.4) is 0 Å². The average Bonchev–Trinajstić information content (AvgIpc) is 2.90. The van der Waals surface area contributed by atoms with Gasteiger partial charge in [-0.25, -0.2) is 4.98 Å². The molecule has 1 N–H and O–H groups in total. The first kappa shape index (κ1) is 11.2. The van der Waals surface area contributed by atoms with Gasteiger partial charge in [-0.05, 0) is 32.2 Å². The summed E-state index contributed by atoms with van der Waals surface area (Å²) < 4.78 is 11.1. The number of oxazole rings is 1. The molecule has 0 spiro atoms. The van der Waals surface area contributed by atoms with Crippen molar-refractivity contribution in [2.45, 2.75) is 44.1 Å². The standard InChI is InChI=1S/C13H20N2O2/c1-2-6-14-11(5-1)13-15-12(9-17-13)10-4-3-7-16-8-10/h9-11,14H,1-8H2. The molecule has 0 bridgehead atoms. The van der Waals surface area contributed by atoms with Crippen LogP contribution in [0.5, 0.6) is 0 Å². The van der Waals surface area contributed by atoms with Gasteiger partial charge in [-0.1, -0.05) is 6.42 Å². The Kier molecular flexibility index (Phi) is 3.43. The molecule has 2 aliphatic heterocycles. The summed E-state index contributed by atoms with van der Waals surface area (Å²) in [6.45, 7) is 2.77. The molecule has 94 valence electrons. The third-order valence-corrected chi connectivity index (χ3v) is 3.73. The highest BCUT2D eigenvalue weighted by atomic mass is 16.5. The van der Waals surface area contributed by atoms with Crippen LogP contribution >= 0.6 is 0 Å². The van der Waals surface area contributed by atoms with Gasteiger partial charge in [-0.3, -0.25) is 0 Å². The third-order valence-electron chi connectivity index (χ3n) is 3.73. The summed E-state index contributed by atoms with van der Waals surface area (Å²) in [4.78, 5) is 4.65. The van der Waals surface area contributed by atoms with Gasteiger partial charge in [0.05, 0.1) is 18.3 Å². The van der Waals surface area contributed by atoms with Crippen molar-refractivity contribution in [1.29, 1.82) is 0 Å². The van der Waals surface area contributed by atoms with Gasteiger partial charge in [-0.15, -0.1) is 0 Å². The zero-order valence-electron chi connectivity index (χ0n) is 10.2. The molecule has 0 aliphatic carbocycles. The second-order valence-corrected chi connectivity index (χ2v) is 5.03. The van der Waals surface area contributed by atoms with Crippen LogP contribution in [0, 0.1) is 0 Å². The topological polar surface area (TPSA) is 47.3 Å². The average molecular weight is 236 g/mol. The van der Waals surface area contributed by atoms with Crippen molar-refractivity contribution >= 4 is 0 Å². The van der Waals surface area contributed by atoms with Crippen LogP contribution in [0.4, 0.5) is 0 Å². The Morgan fingerprint density at radius 1 is 1.24 bits per heavy atom. The second-order valence-electron chi connectivity index (χ2n) is 5.03. The Hall–Kier alpha value is -0.870. The van der Waals surface area contributed by atoms with Gasteiger partial charge in [0.25, 0.3) is 0 Å². The molecule has 1 aromatic rings. The molecule has 0 saturated carbocycles. The van der Waals surface area contributed by atoms with Gasteiger partial charge < -0.3 is 14.5 Å². The predicted octanol–water partition coefficient (Wildman–Crippen LogP) is 2.38. The third kappa shape index (κ3) is 2.53. The fraction of sp³-hybridized carbons (Fsp3) is 0.769. The zero-order chi connectivity index (χ0) is 11.5. The van der Waals surface area contributed by atoms with E-state index in [1.165, 1.54) is 19.3 Å². The van der Waals surface area contributed by atoms with Gasteiger partial charge in [0.15, 0.2) is 0 Å². The largest absolute Gasteiger partial charge is 0.447 e. The monoisotopic (exact) mass is 236 g/mol. The smallest absolute Gasteiger partial charge is 0.211 e. The van der Waals surface area contributed by atoms with Crippen molar-refractivity contribution < 1.29 is 9.15 Å². The summed E-state index contributed by atoms with van der Waals surface area (Å²) in [5, 5.41) is 3.46. The lowest BCUT2D eigenvalue weighted by atomic mass is 9.99. The molecule has 2 aliphatic rings. The van der Waals surface area contributed by atoms with E-state index in [0.29, 0.717) is 12.0 Å². The van der Waals surface area contributed by atoms with E-state index < -0.39 is 0 Å². The summed E-state index contributed by atoms with van der Waals surface area (Å²) in [6.07, 6.45) is 7.80. The highest BCUT2D eigenvalue weighted by Crippen LogP contribution is 2.28. The minimum Gasteiger partial charge on any atom is -0.447 e. The molecule has 2 unspecified atom stereocenters. The van der Waals surface area contributed by atoms with E-state index in [0.717, 1.165) is 44.2 Å². The molecule has 0 radical (unpaired) electrons. The number of hydrogen-bond donors (Lipinski definition) is 1. The quantitative estimate of drug-likeness (QED) is 0.856. The molecule has 4 nitrogen and oxygen atoms in total. The van der Waals surface area contributed by atoms with Crippen molar-refractivity contribution in [3.63, 3.8) is 0 Å². The Bertz CT molecular complexity index is 320. The van der Waals surface area contributed by atoms with Crippen LogP contribution in [0.15, 0.2) is 10.7 Å². The number of piperidine rings is 1. The second kappa shape index (κ2) is 5.19. The molecule has 1 aromatic heterocycles. The van der Waals surface area contributed by atoms with Crippen molar-refractivity contribution in [3.8, 4) is 0 Å². The van der Waals surface area contributed by atoms with Gasteiger partial charge in [0.2, 0.25) is 5.89 Å². The van der Waals surface area contributed by atoms with Crippen molar-refractivity contribution in [3.05, 3.63) is 17.8 Å². The van der Waals surface area contributed by atoms with Gasteiger partial charge >= 0.3 is 0 Å². The summed E-state index contributed by atoms with van der Waals surface area (Å²) in [5.74, 6) is 1.30. The summed E-state index contributed by atoms with van der Waals surface area (Å²) in [7, 11) is 0. The van der Waals surface area contributed by atoms with Gasteiger partial charge in [-0.2, -0.15) is 0 Å². The lowest BCUT2D eigenvalue weighted by Gasteiger charge is -2.21. The molecular formula is C13H20N2O2. The number of nitrogens with one attached hydrogen (secondary N) is 1. The molecule has 2 saturated heterocycles. The highest BCUT2D eigenvalue weighted by Gasteiger charge is 2.23. The first-order valence-electron chi connectivity index (χ1n) is 6.70. The Morgan fingerprint density at radius 3 is 3.00 bits per heavy atom. The summed E-state index contributed by atoms with van der Waals surface area (Å²) in [6, 6.07) is 0.321. The van der Waals surface area contributed by atoms with Crippen molar-refractivity contribution in [1.82, 2.24) is 10.3 Å². The first-order chi connectivity index (χ1) is 8.43. The van der Waals surface area contributed by atoms with Crippen molar-refractivity contribution in [2.75, 3.05) is 19.8 Å². The van der Waals surface area contributed by atoms with E-state index in [4.69, 9.17) is 9.15 Å². The zero-order valence-corrected chi connectivity index (χ0v) is 10.2. The Morgan fingerprint density at radius 2 is 2.24 bits per heavy atom. The fourth-order valence-corrected chi connectivity index (χ4v) is 2.68. The number of rotatable bonds is 2. The molecular weight excluding hydrogens is 216 g/mol. The summed E-state index contributed by atoms with van der Waals surface area (Å²) in [5.41, 5.74) is 1.08. The summed E-state index contributed by atoms with van der Waals surface area (Å²) >= 11 is 0. The Labute approximate surface area is 102 Å². The van der Waals surface area contributed by atoms with Crippen LogP contribution in [0.25, 0.3) is 0 Å². The van der Waals surface area contributed by atoms with Crippen LogP contribution in [0.1, 0.15) is 55.6 Å². The number of hydrogen-bond acceptors (Lipinski definition) is 4. The van der Waals surface area contributed by atoms with Gasteiger partial charge in [0, 0.05) is 12.5 Å². The van der Waals surface area contributed by atoms with E-state index in [9.17, 15) is 0 Å². The van der Waals surface area contributed by atoms with E-state index in [1.54, 1.807) is 0 Å². The van der Waals surface area contributed by atoms with Crippen LogP contribution in [0.2, 0.25) is 0 Å². The first-order valence-corrected chi connectivity index (χ1v) is 6.70. The maximum atomic E-state index is 5.63. The normalized spacial score (nSPS) is 30.4. The van der Waals surface area contributed by atoms with Crippen LogP contribution in [-0.2, 0) is 4.74 Å². The maximum absolute atomic E-state index is 5.63. The highest BCUT2D eigenvalue weighted by molar-refractivity contribution is 5.07. The SMILES string of the molecule is c1oc(C2CCCCN2)nc1C1CCCOC1. The van der Waals surface area contributed by atoms with Crippen molar-refractivity contribution in [2.24, 2.45) is 0 Å². The van der Waals surface area contributed by atoms with E-state index >= 15 is 0 Å².